The zero-order valence-electron chi connectivity index (χ0n) is 34.0. The summed E-state index contributed by atoms with van der Waals surface area (Å²) in [6.07, 6.45) is -4.02. The molecule has 0 amide bonds. The van der Waals surface area contributed by atoms with Crippen LogP contribution in [0, 0.1) is 23.3 Å². The molecule has 0 fully saturated rings. The predicted molar refractivity (Wildman–Crippen MR) is 208 cm³/mol. The Morgan fingerprint density at radius 3 is 0.938 bits per heavy atom. The third-order valence-electron chi connectivity index (χ3n) is 8.11. The van der Waals surface area contributed by atoms with E-state index in [0.717, 1.165) is 59.9 Å². The van der Waals surface area contributed by atoms with Gasteiger partial charge in [-0.2, -0.15) is 26.3 Å². The van der Waals surface area contributed by atoms with Gasteiger partial charge >= 0.3 is 45.3 Å². The molecule has 0 saturated heterocycles. The summed E-state index contributed by atoms with van der Waals surface area (Å²) in [5, 5.41) is 0. The van der Waals surface area contributed by atoms with Gasteiger partial charge in [-0.1, -0.05) is 41.5 Å². The number of alkyl halides is 6. The Balaban J connectivity index is 0.000000305. The monoisotopic (exact) mass is 1120 g/mol. The van der Waals surface area contributed by atoms with Gasteiger partial charge in [-0.25, -0.2) is 17.6 Å². The molecule has 22 heteroatoms. The van der Waals surface area contributed by atoms with E-state index in [1.165, 1.54) is 11.1 Å². The Morgan fingerprint density at radius 2 is 0.703 bits per heavy atom. The van der Waals surface area contributed by atoms with Gasteiger partial charge in [-0.3, -0.25) is 19.9 Å². The van der Waals surface area contributed by atoms with Crippen LogP contribution < -0.4 is 0 Å². The van der Waals surface area contributed by atoms with Gasteiger partial charge in [0.05, 0.1) is 33.9 Å². The number of nitrogens with zero attached hydrogens (tertiary/aromatic N) is 4. The van der Waals surface area contributed by atoms with Gasteiger partial charge < -0.3 is 0 Å². The van der Waals surface area contributed by atoms with Gasteiger partial charge in [-0.15, -0.1) is 0 Å². The SMILES string of the molecule is CC(C)(C)c1ccnc(-c2cc(C(C)(C)C)ccn2)c1.F[P-](F)(F)(F)(F)F.Fc1ccc(-c2ccc(C(F)(F)F)cn2)c(F)c1.Fc1ccc(-c2ccc(C(F)(F)F)cn2)c(F)c1.[Ir]. The van der Waals surface area contributed by atoms with E-state index < -0.39 is 54.6 Å². The summed E-state index contributed by atoms with van der Waals surface area (Å²) >= 11 is 0. The van der Waals surface area contributed by atoms with E-state index in [1.807, 2.05) is 12.4 Å². The molecule has 2 aromatic carbocycles. The van der Waals surface area contributed by atoms with Gasteiger partial charge in [0.1, 0.15) is 23.3 Å². The third-order valence-corrected chi connectivity index (χ3v) is 8.11. The number of rotatable bonds is 3. The maximum Gasteiger partial charge on any atom is 0.417 e. The van der Waals surface area contributed by atoms with Crippen LogP contribution in [0.2, 0.25) is 0 Å². The molecule has 6 rings (SSSR count). The molecule has 0 aliphatic heterocycles. The van der Waals surface area contributed by atoms with Crippen LogP contribution in [0.3, 0.4) is 0 Å². The summed E-state index contributed by atoms with van der Waals surface area (Å²) in [6.45, 7) is 13.3. The van der Waals surface area contributed by atoms with Crippen molar-refractivity contribution in [3.8, 4) is 33.9 Å². The predicted octanol–water partition coefficient (Wildman–Crippen LogP) is 16.2. The topological polar surface area (TPSA) is 51.6 Å². The first-order chi connectivity index (χ1) is 28.4. The van der Waals surface area contributed by atoms with Crippen LogP contribution >= 0.6 is 7.81 Å². The molecule has 0 aliphatic rings. The average Bonchev–Trinajstić information content (AvgIpc) is 3.13. The Bertz CT molecular complexity index is 2310. The van der Waals surface area contributed by atoms with Crippen molar-refractivity contribution >= 4 is 7.81 Å². The molecule has 0 bridgehead atoms. The molecule has 4 heterocycles. The molecular weight excluding hydrogens is 1090 g/mol. The fraction of sp³-hybridized carbons (Fsp3) is 0.238. The van der Waals surface area contributed by atoms with Crippen LogP contribution in [0.1, 0.15) is 63.8 Å². The molecule has 0 N–H and O–H groups in total. The smallest absolute Gasteiger partial charge is 0.256 e. The average molecular weight is 1120 g/mol. The van der Waals surface area contributed by atoms with Crippen molar-refractivity contribution in [1.82, 2.24) is 19.9 Å². The number of pyridine rings is 4. The second-order valence-electron chi connectivity index (χ2n) is 15.4. The minimum absolute atomic E-state index is 0. The number of halogens is 16. The van der Waals surface area contributed by atoms with E-state index in [0.29, 0.717) is 24.5 Å². The normalized spacial score (nSPS) is 13.0. The van der Waals surface area contributed by atoms with Crippen LogP contribution in [0.25, 0.3) is 33.9 Å². The minimum Gasteiger partial charge on any atom is -0.256 e. The number of aromatic nitrogens is 4. The summed E-state index contributed by atoms with van der Waals surface area (Å²) < 4.78 is 185. The molecule has 0 spiro atoms. The molecule has 64 heavy (non-hydrogen) atoms. The summed E-state index contributed by atoms with van der Waals surface area (Å²) in [4.78, 5) is 16.0. The van der Waals surface area contributed by atoms with Crippen molar-refractivity contribution in [3.63, 3.8) is 0 Å². The molecule has 4 aromatic heterocycles. The van der Waals surface area contributed by atoms with Crippen molar-refractivity contribution in [2.45, 2.75) is 64.7 Å². The molecular formula is C42H36F16IrN4P-. The molecule has 6 aromatic rings. The zero-order valence-corrected chi connectivity index (χ0v) is 37.3. The van der Waals surface area contributed by atoms with Gasteiger partial charge in [0.25, 0.3) is 0 Å². The van der Waals surface area contributed by atoms with Gasteiger partial charge in [-0.05, 0) is 94.8 Å². The van der Waals surface area contributed by atoms with Gasteiger partial charge in [0, 0.05) is 68.2 Å². The van der Waals surface area contributed by atoms with Gasteiger partial charge in [0.15, 0.2) is 0 Å². The summed E-state index contributed by atoms with van der Waals surface area (Å²) in [6, 6.07) is 17.7. The van der Waals surface area contributed by atoms with Crippen molar-refractivity contribution in [3.05, 3.63) is 155 Å². The maximum atomic E-state index is 13.4. The van der Waals surface area contributed by atoms with Crippen molar-refractivity contribution in [2.24, 2.45) is 0 Å². The Labute approximate surface area is 369 Å². The number of hydrogen-bond donors (Lipinski definition) is 0. The second-order valence-corrected chi connectivity index (χ2v) is 17.3. The summed E-state index contributed by atoms with van der Waals surface area (Å²) in [5.41, 5.74) is 2.79. The van der Waals surface area contributed by atoms with E-state index in [9.17, 15) is 69.1 Å². The molecule has 0 atom stereocenters. The summed E-state index contributed by atoms with van der Waals surface area (Å²) in [7, 11) is -10.7. The van der Waals surface area contributed by atoms with Crippen LogP contribution in [0.5, 0.6) is 0 Å². The Hall–Kier alpha value is -5.00. The largest absolute Gasteiger partial charge is 0.417 e. The van der Waals surface area contributed by atoms with Gasteiger partial charge in [0.2, 0.25) is 0 Å². The van der Waals surface area contributed by atoms with Crippen molar-refractivity contribution < 1.29 is 89.2 Å². The number of hydrogen-bond acceptors (Lipinski definition) is 4. The van der Waals surface area contributed by atoms with E-state index in [-0.39, 0.29) is 53.5 Å². The first-order valence-electron chi connectivity index (χ1n) is 17.9. The molecule has 4 nitrogen and oxygen atoms in total. The van der Waals surface area contributed by atoms with Crippen molar-refractivity contribution in [2.75, 3.05) is 0 Å². The standard InChI is InChI=1S/C18H24N2.2C12H6F5N.F6P.Ir/c1-17(2,3)13-7-9-19-15(11-13)16-12-14(8-10-20-16)18(4,5)6;2*13-8-2-3-9(10(14)5-8)11-4-1-7(6-18-11)12(15,16)17;1-7(2,3,4,5)6;/h7-12H,1-6H3;2*1-6H;;/q;;;-1;. The molecule has 1 radical (unpaired) electrons. The van der Waals surface area contributed by atoms with Crippen LogP contribution in [0.15, 0.2) is 110 Å². The van der Waals surface area contributed by atoms with E-state index in [1.54, 1.807) is 0 Å². The maximum absolute atomic E-state index is 13.4. The molecule has 0 aliphatic carbocycles. The third kappa shape index (κ3) is 19.0. The van der Waals surface area contributed by atoms with E-state index in [2.05, 4.69) is 85.7 Å². The number of benzene rings is 2. The Morgan fingerprint density at radius 1 is 0.391 bits per heavy atom. The van der Waals surface area contributed by atoms with Crippen LogP contribution in [0.4, 0.5) is 69.1 Å². The molecule has 0 unspecified atom stereocenters. The molecule has 0 saturated carbocycles. The first kappa shape index (κ1) is 55.1. The van der Waals surface area contributed by atoms with E-state index in [4.69, 9.17) is 0 Å². The zero-order chi connectivity index (χ0) is 48.0. The van der Waals surface area contributed by atoms with Crippen LogP contribution in [-0.4, -0.2) is 19.9 Å². The quantitative estimate of drug-likeness (QED) is 0.131. The fourth-order valence-corrected chi connectivity index (χ4v) is 4.91. The first-order valence-corrected chi connectivity index (χ1v) is 19.9. The second kappa shape index (κ2) is 19.6. The van der Waals surface area contributed by atoms with Crippen molar-refractivity contribution in [1.29, 1.82) is 0 Å². The van der Waals surface area contributed by atoms with Crippen LogP contribution in [-0.2, 0) is 43.3 Å². The summed E-state index contributed by atoms with van der Waals surface area (Å²) in [5.74, 6) is -3.27. The Kier molecular flexibility index (Phi) is 16.9. The fourth-order valence-electron chi connectivity index (χ4n) is 4.91. The van der Waals surface area contributed by atoms with E-state index >= 15 is 0 Å². The minimum atomic E-state index is -10.7. The molecule has 351 valence electrons.